The second-order valence-electron chi connectivity index (χ2n) is 5.17. The van der Waals surface area contributed by atoms with Crippen LogP contribution in [0.4, 0.5) is 0 Å². The zero-order chi connectivity index (χ0) is 13.2. The highest BCUT2D eigenvalue weighted by atomic mass is 32.2. The number of fused-ring (bicyclic) bond motifs is 1. The SMILES string of the molecule is NC(CS(=O)C1CCCC1)c1ccc2c(c1)OCO2. The molecule has 1 saturated carbocycles. The molecule has 5 heteroatoms. The number of rotatable bonds is 4. The molecule has 1 fully saturated rings. The maximum Gasteiger partial charge on any atom is 0.231 e. The van der Waals surface area contributed by atoms with Crippen LogP contribution >= 0.6 is 0 Å². The molecule has 0 amide bonds. The molecule has 1 aliphatic carbocycles. The molecule has 4 nitrogen and oxygen atoms in total. The molecule has 1 aromatic rings. The number of hydrogen-bond acceptors (Lipinski definition) is 4. The summed E-state index contributed by atoms with van der Waals surface area (Å²) < 4.78 is 22.9. The van der Waals surface area contributed by atoms with Gasteiger partial charge in [-0.2, -0.15) is 0 Å². The monoisotopic (exact) mass is 281 g/mol. The van der Waals surface area contributed by atoms with Gasteiger partial charge in [0.15, 0.2) is 11.5 Å². The molecular formula is C14H19NO3S. The average molecular weight is 281 g/mol. The number of benzene rings is 1. The van der Waals surface area contributed by atoms with E-state index in [2.05, 4.69) is 0 Å². The lowest BCUT2D eigenvalue weighted by Gasteiger charge is -2.15. The van der Waals surface area contributed by atoms with Gasteiger partial charge >= 0.3 is 0 Å². The van der Waals surface area contributed by atoms with Crippen LogP contribution in [-0.2, 0) is 10.8 Å². The van der Waals surface area contributed by atoms with Crippen LogP contribution in [0.25, 0.3) is 0 Å². The molecule has 1 heterocycles. The molecule has 1 aliphatic heterocycles. The predicted octanol–water partition coefficient (Wildman–Crippen LogP) is 2.11. The topological polar surface area (TPSA) is 61.6 Å². The van der Waals surface area contributed by atoms with Gasteiger partial charge in [-0.1, -0.05) is 18.9 Å². The Balaban J connectivity index is 1.66. The van der Waals surface area contributed by atoms with E-state index < -0.39 is 10.8 Å². The third-order valence-corrected chi connectivity index (χ3v) is 5.75. The summed E-state index contributed by atoms with van der Waals surface area (Å²) in [5.74, 6) is 2.03. The van der Waals surface area contributed by atoms with Crippen molar-refractivity contribution in [1.82, 2.24) is 0 Å². The molecule has 2 N–H and O–H groups in total. The van der Waals surface area contributed by atoms with Gasteiger partial charge in [0.25, 0.3) is 0 Å². The van der Waals surface area contributed by atoms with Crippen LogP contribution in [-0.4, -0.2) is 22.0 Å². The second-order valence-corrected chi connectivity index (χ2v) is 6.93. The number of hydrogen-bond donors (Lipinski definition) is 1. The Bertz CT molecular complexity index is 486. The van der Waals surface area contributed by atoms with Crippen LogP contribution in [0.3, 0.4) is 0 Å². The minimum absolute atomic E-state index is 0.198. The Morgan fingerprint density at radius 1 is 1.26 bits per heavy atom. The van der Waals surface area contributed by atoms with Gasteiger partial charge in [0.2, 0.25) is 6.79 Å². The molecule has 0 saturated heterocycles. The number of nitrogens with two attached hydrogens (primary N) is 1. The largest absolute Gasteiger partial charge is 0.454 e. The maximum absolute atomic E-state index is 12.2. The van der Waals surface area contributed by atoms with Crippen molar-refractivity contribution in [3.63, 3.8) is 0 Å². The van der Waals surface area contributed by atoms with Gasteiger partial charge in [0.1, 0.15) is 0 Å². The Hall–Kier alpha value is -1.07. The molecule has 19 heavy (non-hydrogen) atoms. The van der Waals surface area contributed by atoms with Crippen molar-refractivity contribution in [3.05, 3.63) is 23.8 Å². The van der Waals surface area contributed by atoms with Gasteiger partial charge in [-0.25, -0.2) is 0 Å². The first-order valence-electron chi connectivity index (χ1n) is 6.76. The van der Waals surface area contributed by atoms with E-state index in [1.165, 1.54) is 12.8 Å². The zero-order valence-corrected chi connectivity index (χ0v) is 11.7. The van der Waals surface area contributed by atoms with Crippen LogP contribution in [0.5, 0.6) is 11.5 Å². The summed E-state index contributed by atoms with van der Waals surface area (Å²) in [6, 6.07) is 5.51. The lowest BCUT2D eigenvalue weighted by atomic mass is 10.1. The van der Waals surface area contributed by atoms with Crippen molar-refractivity contribution in [1.29, 1.82) is 0 Å². The fourth-order valence-corrected chi connectivity index (χ4v) is 4.38. The molecule has 2 unspecified atom stereocenters. The third-order valence-electron chi connectivity index (χ3n) is 3.84. The van der Waals surface area contributed by atoms with Crippen LogP contribution in [0.15, 0.2) is 18.2 Å². The zero-order valence-electron chi connectivity index (χ0n) is 10.8. The molecule has 2 aliphatic rings. The van der Waals surface area contributed by atoms with Crippen LogP contribution in [0.2, 0.25) is 0 Å². The van der Waals surface area contributed by atoms with Crippen molar-refractivity contribution >= 4 is 10.8 Å². The van der Waals surface area contributed by atoms with E-state index in [1.54, 1.807) is 0 Å². The summed E-state index contributed by atoms with van der Waals surface area (Å²) in [5.41, 5.74) is 7.14. The summed E-state index contributed by atoms with van der Waals surface area (Å²) in [5, 5.41) is 0.347. The third kappa shape index (κ3) is 2.77. The van der Waals surface area contributed by atoms with Gasteiger partial charge < -0.3 is 15.2 Å². The molecule has 0 radical (unpaired) electrons. The van der Waals surface area contributed by atoms with E-state index in [9.17, 15) is 4.21 Å². The first-order chi connectivity index (χ1) is 9.24. The van der Waals surface area contributed by atoms with E-state index in [1.807, 2.05) is 18.2 Å². The smallest absolute Gasteiger partial charge is 0.231 e. The Morgan fingerprint density at radius 2 is 2.00 bits per heavy atom. The van der Waals surface area contributed by atoms with Crippen molar-refractivity contribution in [3.8, 4) is 11.5 Å². The Labute approximate surface area is 115 Å². The normalized spacial score (nSPS) is 21.5. The van der Waals surface area contributed by atoms with Crippen molar-refractivity contribution in [2.24, 2.45) is 5.73 Å². The molecule has 0 aromatic heterocycles. The van der Waals surface area contributed by atoms with E-state index in [0.717, 1.165) is 29.9 Å². The molecular weight excluding hydrogens is 262 g/mol. The van der Waals surface area contributed by atoms with E-state index in [4.69, 9.17) is 15.2 Å². The van der Waals surface area contributed by atoms with Gasteiger partial charge in [-0.05, 0) is 30.5 Å². The molecule has 3 rings (SSSR count). The highest BCUT2D eigenvalue weighted by Gasteiger charge is 2.24. The molecule has 1 aromatic carbocycles. The van der Waals surface area contributed by atoms with E-state index >= 15 is 0 Å². The summed E-state index contributed by atoms with van der Waals surface area (Å²) in [6.07, 6.45) is 4.58. The lowest BCUT2D eigenvalue weighted by Crippen LogP contribution is -2.23. The van der Waals surface area contributed by atoms with Gasteiger partial charge in [-0.3, -0.25) is 4.21 Å². The summed E-state index contributed by atoms with van der Waals surface area (Å²) in [6.45, 7) is 0.266. The summed E-state index contributed by atoms with van der Waals surface area (Å²) in [7, 11) is -0.821. The lowest BCUT2D eigenvalue weighted by molar-refractivity contribution is 0.174. The fraction of sp³-hybridized carbons (Fsp3) is 0.571. The summed E-state index contributed by atoms with van der Waals surface area (Å²) in [4.78, 5) is 0. The predicted molar refractivity (Wildman–Crippen MR) is 74.8 cm³/mol. The van der Waals surface area contributed by atoms with Gasteiger partial charge in [0, 0.05) is 27.8 Å². The number of ether oxygens (including phenoxy) is 2. The maximum atomic E-state index is 12.2. The molecule has 104 valence electrons. The Morgan fingerprint density at radius 3 is 2.79 bits per heavy atom. The quantitative estimate of drug-likeness (QED) is 0.918. The first-order valence-corrected chi connectivity index (χ1v) is 8.14. The minimum Gasteiger partial charge on any atom is -0.454 e. The average Bonchev–Trinajstić information content (AvgIpc) is 3.09. The Kier molecular flexibility index (Phi) is 3.75. The summed E-state index contributed by atoms with van der Waals surface area (Å²) >= 11 is 0. The highest BCUT2D eigenvalue weighted by molar-refractivity contribution is 7.85. The molecule has 2 atom stereocenters. The van der Waals surface area contributed by atoms with Crippen LogP contribution in [0.1, 0.15) is 37.3 Å². The second kappa shape index (κ2) is 5.51. The van der Waals surface area contributed by atoms with Gasteiger partial charge in [0.05, 0.1) is 0 Å². The molecule has 0 spiro atoms. The van der Waals surface area contributed by atoms with Crippen molar-refractivity contribution in [2.75, 3.05) is 12.5 Å². The highest BCUT2D eigenvalue weighted by Crippen LogP contribution is 2.34. The fourth-order valence-electron chi connectivity index (χ4n) is 2.70. The van der Waals surface area contributed by atoms with Crippen LogP contribution in [0, 0.1) is 0 Å². The van der Waals surface area contributed by atoms with E-state index in [0.29, 0.717) is 11.0 Å². The standard InChI is InChI=1S/C14H19NO3S/c15-12(8-19(16)11-3-1-2-4-11)10-5-6-13-14(7-10)18-9-17-13/h5-7,11-12H,1-4,8-9,15H2. The first kappa shape index (κ1) is 12.9. The minimum atomic E-state index is -0.821. The molecule has 0 bridgehead atoms. The van der Waals surface area contributed by atoms with Gasteiger partial charge in [-0.15, -0.1) is 0 Å². The van der Waals surface area contributed by atoms with Crippen LogP contribution < -0.4 is 15.2 Å². The van der Waals surface area contributed by atoms with E-state index in [-0.39, 0.29) is 12.8 Å². The van der Waals surface area contributed by atoms with Crippen molar-refractivity contribution in [2.45, 2.75) is 37.0 Å². The van der Waals surface area contributed by atoms with Crippen molar-refractivity contribution < 1.29 is 13.7 Å².